The van der Waals surface area contributed by atoms with Gasteiger partial charge in [-0.25, -0.2) is 0 Å². The lowest BCUT2D eigenvalue weighted by Gasteiger charge is -2.05. The van der Waals surface area contributed by atoms with E-state index in [9.17, 15) is 0 Å². The molecule has 1 aromatic heterocycles. The highest BCUT2D eigenvalue weighted by atomic mass is 16.5. The summed E-state index contributed by atoms with van der Waals surface area (Å²) in [6.07, 6.45) is 1.70. The number of hydrogen-bond donors (Lipinski definition) is 1. The van der Waals surface area contributed by atoms with Gasteiger partial charge in [-0.1, -0.05) is 0 Å². The molecule has 1 aromatic rings. The van der Waals surface area contributed by atoms with Gasteiger partial charge in [0, 0.05) is 6.04 Å². The molecule has 0 saturated heterocycles. The maximum atomic E-state index is 5.63. The van der Waals surface area contributed by atoms with Crippen LogP contribution in [0.25, 0.3) is 0 Å². The largest absolute Gasteiger partial charge is 0.492 e. The molecule has 0 spiro atoms. The minimum Gasteiger partial charge on any atom is -0.492 e. The number of aromatic nitrogens is 1. The number of nitrogens with zero attached hydrogens (tertiary/aromatic N) is 1. The van der Waals surface area contributed by atoms with E-state index in [-0.39, 0.29) is 6.04 Å². The molecule has 12 heavy (non-hydrogen) atoms. The molecule has 1 atom stereocenters. The summed E-state index contributed by atoms with van der Waals surface area (Å²) in [7, 11) is 0. The van der Waals surface area contributed by atoms with E-state index in [4.69, 9.17) is 10.5 Å². The van der Waals surface area contributed by atoms with E-state index in [1.165, 1.54) is 0 Å². The van der Waals surface area contributed by atoms with Crippen molar-refractivity contribution in [1.82, 2.24) is 4.98 Å². The Bertz CT molecular complexity index is 231. The van der Waals surface area contributed by atoms with Gasteiger partial charge in [-0.05, 0) is 26.0 Å². The van der Waals surface area contributed by atoms with Crippen LogP contribution in [0.5, 0.6) is 5.75 Å². The maximum Gasteiger partial charge on any atom is 0.137 e. The zero-order valence-electron chi connectivity index (χ0n) is 7.45. The third-order valence-corrected chi connectivity index (χ3v) is 1.54. The first-order valence-electron chi connectivity index (χ1n) is 4.08. The molecule has 2 N–H and O–H groups in total. The quantitative estimate of drug-likeness (QED) is 0.740. The zero-order chi connectivity index (χ0) is 8.97. The standard InChI is InChI=1S/C9H14N2O/c1-3-12-8-4-5-9(7(2)10)11-6-8/h4-7H,3,10H2,1-2H3/t7-/m1/s1. The van der Waals surface area contributed by atoms with Gasteiger partial charge in [0.1, 0.15) is 5.75 Å². The Labute approximate surface area is 72.6 Å². The average Bonchev–Trinajstić information content (AvgIpc) is 2.06. The van der Waals surface area contributed by atoms with E-state index in [1.54, 1.807) is 6.20 Å². The first-order valence-corrected chi connectivity index (χ1v) is 4.08. The summed E-state index contributed by atoms with van der Waals surface area (Å²) in [5.74, 6) is 0.793. The highest BCUT2D eigenvalue weighted by molar-refractivity contribution is 5.20. The molecule has 1 rings (SSSR count). The highest BCUT2D eigenvalue weighted by Crippen LogP contribution is 2.12. The van der Waals surface area contributed by atoms with Crippen molar-refractivity contribution in [3.8, 4) is 5.75 Å². The summed E-state index contributed by atoms with van der Waals surface area (Å²) in [5, 5.41) is 0. The summed E-state index contributed by atoms with van der Waals surface area (Å²) in [6.45, 7) is 4.52. The van der Waals surface area contributed by atoms with Gasteiger partial charge in [0.25, 0.3) is 0 Å². The smallest absolute Gasteiger partial charge is 0.137 e. The molecule has 0 aliphatic carbocycles. The van der Waals surface area contributed by atoms with Crippen LogP contribution in [0.4, 0.5) is 0 Å². The second kappa shape index (κ2) is 4.07. The predicted octanol–water partition coefficient (Wildman–Crippen LogP) is 1.50. The second-order valence-electron chi connectivity index (χ2n) is 2.64. The molecule has 0 bridgehead atoms. The van der Waals surface area contributed by atoms with Crippen molar-refractivity contribution in [2.24, 2.45) is 5.73 Å². The van der Waals surface area contributed by atoms with Crippen LogP contribution in [0.1, 0.15) is 25.6 Å². The van der Waals surface area contributed by atoms with Crippen molar-refractivity contribution < 1.29 is 4.74 Å². The Kier molecular flexibility index (Phi) is 3.05. The minimum absolute atomic E-state index is 0.0133. The molecule has 66 valence electrons. The van der Waals surface area contributed by atoms with Crippen molar-refractivity contribution in [3.05, 3.63) is 24.0 Å². The molecule has 0 radical (unpaired) electrons. The van der Waals surface area contributed by atoms with Gasteiger partial charge < -0.3 is 10.5 Å². The second-order valence-corrected chi connectivity index (χ2v) is 2.64. The summed E-state index contributed by atoms with van der Waals surface area (Å²) in [6, 6.07) is 3.76. The molecular formula is C9H14N2O. The Morgan fingerprint density at radius 2 is 2.33 bits per heavy atom. The zero-order valence-corrected chi connectivity index (χ0v) is 7.45. The number of pyridine rings is 1. The minimum atomic E-state index is -0.0133. The third-order valence-electron chi connectivity index (χ3n) is 1.54. The fraction of sp³-hybridized carbons (Fsp3) is 0.444. The highest BCUT2D eigenvalue weighted by Gasteiger charge is 1.99. The van der Waals surface area contributed by atoms with E-state index < -0.39 is 0 Å². The average molecular weight is 166 g/mol. The Morgan fingerprint density at radius 3 is 2.75 bits per heavy atom. The van der Waals surface area contributed by atoms with Gasteiger partial charge in [-0.3, -0.25) is 4.98 Å². The van der Waals surface area contributed by atoms with Gasteiger partial charge in [0.2, 0.25) is 0 Å². The Hall–Kier alpha value is -1.09. The van der Waals surface area contributed by atoms with E-state index >= 15 is 0 Å². The molecule has 3 nitrogen and oxygen atoms in total. The van der Waals surface area contributed by atoms with E-state index in [2.05, 4.69) is 4.98 Å². The molecule has 0 amide bonds. The SMILES string of the molecule is CCOc1ccc([C@@H](C)N)nc1. The summed E-state index contributed by atoms with van der Waals surface area (Å²) in [4.78, 5) is 4.15. The summed E-state index contributed by atoms with van der Waals surface area (Å²) >= 11 is 0. The molecule has 0 saturated carbocycles. The molecule has 1 heterocycles. The van der Waals surface area contributed by atoms with Crippen molar-refractivity contribution in [1.29, 1.82) is 0 Å². The van der Waals surface area contributed by atoms with Crippen LogP contribution in [0.3, 0.4) is 0 Å². The van der Waals surface area contributed by atoms with Gasteiger partial charge in [0.05, 0.1) is 18.5 Å². The third kappa shape index (κ3) is 2.20. The van der Waals surface area contributed by atoms with E-state index in [0.717, 1.165) is 11.4 Å². The molecular weight excluding hydrogens is 152 g/mol. The topological polar surface area (TPSA) is 48.1 Å². The number of hydrogen-bond acceptors (Lipinski definition) is 3. The van der Waals surface area contributed by atoms with Crippen LogP contribution in [0, 0.1) is 0 Å². The summed E-state index contributed by atoms with van der Waals surface area (Å²) in [5.41, 5.74) is 6.52. The Balaban J connectivity index is 2.71. The molecule has 0 unspecified atom stereocenters. The van der Waals surface area contributed by atoms with E-state index in [1.807, 2.05) is 26.0 Å². The molecule has 0 aromatic carbocycles. The van der Waals surface area contributed by atoms with Crippen molar-refractivity contribution >= 4 is 0 Å². The van der Waals surface area contributed by atoms with E-state index in [0.29, 0.717) is 6.61 Å². The monoisotopic (exact) mass is 166 g/mol. The van der Waals surface area contributed by atoms with Crippen LogP contribution in [-0.2, 0) is 0 Å². The predicted molar refractivity (Wildman–Crippen MR) is 48.0 cm³/mol. The van der Waals surface area contributed by atoms with Crippen LogP contribution in [-0.4, -0.2) is 11.6 Å². The van der Waals surface area contributed by atoms with Crippen LogP contribution in [0.2, 0.25) is 0 Å². The van der Waals surface area contributed by atoms with Gasteiger partial charge in [-0.15, -0.1) is 0 Å². The first kappa shape index (κ1) is 9.00. The van der Waals surface area contributed by atoms with Crippen LogP contribution < -0.4 is 10.5 Å². The maximum absolute atomic E-state index is 5.63. The normalized spacial score (nSPS) is 12.6. The fourth-order valence-electron chi connectivity index (χ4n) is 0.913. The van der Waals surface area contributed by atoms with Crippen LogP contribution >= 0.6 is 0 Å². The van der Waals surface area contributed by atoms with Crippen molar-refractivity contribution in [3.63, 3.8) is 0 Å². The van der Waals surface area contributed by atoms with Gasteiger partial charge in [-0.2, -0.15) is 0 Å². The lowest BCUT2D eigenvalue weighted by atomic mass is 10.2. The number of rotatable bonds is 3. The van der Waals surface area contributed by atoms with Gasteiger partial charge in [0.15, 0.2) is 0 Å². The number of nitrogens with two attached hydrogens (primary N) is 1. The first-order chi connectivity index (χ1) is 5.74. The summed E-state index contributed by atoms with van der Waals surface area (Å²) < 4.78 is 5.24. The van der Waals surface area contributed by atoms with Crippen LogP contribution in [0.15, 0.2) is 18.3 Å². The molecule has 3 heteroatoms. The Morgan fingerprint density at radius 1 is 1.58 bits per heavy atom. The molecule has 0 aliphatic rings. The molecule has 0 aliphatic heterocycles. The van der Waals surface area contributed by atoms with Crippen molar-refractivity contribution in [2.75, 3.05) is 6.61 Å². The lowest BCUT2D eigenvalue weighted by Crippen LogP contribution is -2.06. The van der Waals surface area contributed by atoms with Gasteiger partial charge >= 0.3 is 0 Å². The fourth-order valence-corrected chi connectivity index (χ4v) is 0.913. The lowest BCUT2D eigenvalue weighted by molar-refractivity contribution is 0.338. The molecule has 0 fully saturated rings. The van der Waals surface area contributed by atoms with Crippen molar-refractivity contribution in [2.45, 2.75) is 19.9 Å². The number of ether oxygens (including phenoxy) is 1.